The van der Waals surface area contributed by atoms with Crippen LogP contribution >= 0.6 is 23.4 Å². The standard InChI is InChI=1S/C27H28ClN7O2S/c1-37-13-12-35-16-31-19-6-7-20(23(28)22(19)25(35)36)38-26-30-15-21(32-33-26)34-10-8-27(9-11-34)14-17-4-2-3-5-18(17)24(27)29/h2-7,15-16,24H,8-14,29H2,1H3/t24-/m1/s1. The molecule has 4 aromatic rings. The summed E-state index contributed by atoms with van der Waals surface area (Å²) in [5.41, 5.74) is 9.84. The lowest BCUT2D eigenvalue weighted by molar-refractivity contribution is 0.186. The van der Waals surface area contributed by atoms with Crippen molar-refractivity contribution in [1.82, 2.24) is 24.7 Å². The Balaban J connectivity index is 1.15. The van der Waals surface area contributed by atoms with Gasteiger partial charge in [0.1, 0.15) is 0 Å². The Kier molecular flexibility index (Phi) is 6.81. The third-order valence-electron chi connectivity index (χ3n) is 7.84. The molecule has 2 aromatic heterocycles. The topological polar surface area (TPSA) is 112 Å². The van der Waals surface area contributed by atoms with Crippen LogP contribution in [-0.4, -0.2) is 51.5 Å². The number of benzene rings is 2. The van der Waals surface area contributed by atoms with Crippen molar-refractivity contribution in [2.45, 2.75) is 41.9 Å². The molecule has 0 amide bonds. The molecule has 38 heavy (non-hydrogen) atoms. The monoisotopic (exact) mass is 549 g/mol. The number of anilines is 1. The van der Waals surface area contributed by atoms with E-state index in [0.29, 0.717) is 39.1 Å². The average molecular weight is 550 g/mol. The van der Waals surface area contributed by atoms with Crippen LogP contribution in [0.2, 0.25) is 5.02 Å². The van der Waals surface area contributed by atoms with Gasteiger partial charge >= 0.3 is 0 Å². The van der Waals surface area contributed by atoms with Gasteiger partial charge in [0.25, 0.3) is 5.56 Å². The lowest BCUT2D eigenvalue weighted by atomic mass is 9.73. The summed E-state index contributed by atoms with van der Waals surface area (Å²) in [6.45, 7) is 2.53. The van der Waals surface area contributed by atoms with E-state index in [1.54, 1.807) is 19.4 Å². The zero-order valence-electron chi connectivity index (χ0n) is 21.0. The molecule has 2 aliphatic rings. The molecular weight excluding hydrogens is 522 g/mol. The van der Waals surface area contributed by atoms with Crippen molar-refractivity contribution in [3.05, 3.63) is 75.4 Å². The smallest absolute Gasteiger partial charge is 0.262 e. The van der Waals surface area contributed by atoms with Crippen molar-refractivity contribution in [3.63, 3.8) is 0 Å². The maximum absolute atomic E-state index is 13.0. The molecule has 2 aromatic carbocycles. The first-order chi connectivity index (χ1) is 18.5. The first-order valence-corrected chi connectivity index (χ1v) is 13.8. The SMILES string of the molecule is COCCn1cnc2ccc(Sc3ncc(N4CCC5(CC4)Cc4ccccc4[C@H]5N)nn3)c(Cl)c2c1=O. The molecule has 3 heterocycles. The molecule has 196 valence electrons. The highest BCUT2D eigenvalue weighted by Gasteiger charge is 2.45. The van der Waals surface area contributed by atoms with Crippen LogP contribution in [0.15, 0.2) is 63.8 Å². The number of hydrogen-bond acceptors (Lipinski definition) is 9. The fourth-order valence-corrected chi connectivity index (χ4v) is 6.72. The number of methoxy groups -OCH3 is 1. The van der Waals surface area contributed by atoms with Crippen LogP contribution < -0.4 is 16.2 Å². The fraction of sp³-hybridized carbons (Fsp3) is 0.370. The summed E-state index contributed by atoms with van der Waals surface area (Å²) in [5, 5.41) is 9.97. The van der Waals surface area contributed by atoms with Crippen molar-refractivity contribution in [2.24, 2.45) is 11.1 Å². The van der Waals surface area contributed by atoms with Crippen molar-refractivity contribution in [1.29, 1.82) is 0 Å². The number of rotatable bonds is 6. The molecule has 11 heteroatoms. The largest absolute Gasteiger partial charge is 0.383 e. The molecule has 1 atom stereocenters. The lowest BCUT2D eigenvalue weighted by Gasteiger charge is -2.42. The molecule has 1 spiro atoms. The minimum atomic E-state index is -0.207. The molecule has 1 aliphatic carbocycles. The summed E-state index contributed by atoms with van der Waals surface area (Å²) in [6, 6.07) is 12.2. The zero-order chi connectivity index (χ0) is 26.3. The van der Waals surface area contributed by atoms with Crippen molar-refractivity contribution in [2.75, 3.05) is 31.7 Å². The highest BCUT2D eigenvalue weighted by atomic mass is 35.5. The van der Waals surface area contributed by atoms with Crippen molar-refractivity contribution in [3.8, 4) is 0 Å². The van der Waals surface area contributed by atoms with E-state index in [4.69, 9.17) is 22.1 Å². The minimum Gasteiger partial charge on any atom is -0.383 e. The molecule has 0 saturated carbocycles. The maximum Gasteiger partial charge on any atom is 0.262 e. The molecule has 1 aliphatic heterocycles. The number of nitrogens with zero attached hydrogens (tertiary/aromatic N) is 6. The maximum atomic E-state index is 13.0. The predicted molar refractivity (Wildman–Crippen MR) is 148 cm³/mol. The van der Waals surface area contributed by atoms with Crippen LogP contribution in [0.25, 0.3) is 10.9 Å². The number of piperidine rings is 1. The van der Waals surface area contributed by atoms with Crippen LogP contribution in [0.4, 0.5) is 5.82 Å². The van der Waals surface area contributed by atoms with Gasteiger partial charge in [-0.05, 0) is 59.7 Å². The Morgan fingerprint density at radius 1 is 1.16 bits per heavy atom. The van der Waals surface area contributed by atoms with Gasteiger partial charge in [-0.15, -0.1) is 10.2 Å². The summed E-state index contributed by atoms with van der Waals surface area (Å²) >= 11 is 7.93. The molecule has 1 fully saturated rings. The van der Waals surface area contributed by atoms with E-state index < -0.39 is 0 Å². The third-order valence-corrected chi connectivity index (χ3v) is 9.27. The van der Waals surface area contributed by atoms with E-state index in [-0.39, 0.29) is 17.0 Å². The first kappa shape index (κ1) is 25.2. The second kappa shape index (κ2) is 10.3. The van der Waals surface area contributed by atoms with Gasteiger partial charge in [-0.1, -0.05) is 35.9 Å². The van der Waals surface area contributed by atoms with Gasteiger partial charge in [0.05, 0.1) is 41.6 Å². The Labute approximate surface area is 229 Å². The molecular formula is C27H28ClN7O2S. The minimum absolute atomic E-state index is 0.0785. The molecule has 0 radical (unpaired) electrons. The number of nitrogens with two attached hydrogens (primary N) is 1. The summed E-state index contributed by atoms with van der Waals surface area (Å²) in [7, 11) is 1.59. The zero-order valence-corrected chi connectivity index (χ0v) is 22.6. The van der Waals surface area contributed by atoms with E-state index >= 15 is 0 Å². The average Bonchev–Trinajstić information content (AvgIpc) is 3.21. The van der Waals surface area contributed by atoms with Gasteiger partial charge < -0.3 is 15.4 Å². The first-order valence-electron chi connectivity index (χ1n) is 12.6. The van der Waals surface area contributed by atoms with E-state index in [2.05, 4.69) is 49.3 Å². The van der Waals surface area contributed by atoms with Crippen molar-refractivity contribution >= 4 is 40.1 Å². The highest BCUT2D eigenvalue weighted by Crippen LogP contribution is 2.50. The number of aromatic nitrogens is 5. The van der Waals surface area contributed by atoms with E-state index in [0.717, 1.165) is 38.2 Å². The van der Waals surface area contributed by atoms with E-state index in [9.17, 15) is 4.79 Å². The molecule has 0 bridgehead atoms. The second-order valence-corrected chi connectivity index (χ2v) is 11.3. The lowest BCUT2D eigenvalue weighted by Crippen LogP contribution is -2.44. The number of ether oxygens (including phenoxy) is 1. The van der Waals surface area contributed by atoms with Gasteiger partial charge in [-0.2, -0.15) is 0 Å². The van der Waals surface area contributed by atoms with Gasteiger partial charge in [0.15, 0.2) is 5.82 Å². The highest BCUT2D eigenvalue weighted by molar-refractivity contribution is 7.99. The summed E-state index contributed by atoms with van der Waals surface area (Å²) < 4.78 is 6.58. The molecule has 1 saturated heterocycles. The number of halogens is 1. The summed E-state index contributed by atoms with van der Waals surface area (Å²) in [5.74, 6) is 0.753. The Bertz CT molecular complexity index is 1540. The van der Waals surface area contributed by atoms with Crippen LogP contribution in [-0.2, 0) is 17.7 Å². The second-order valence-electron chi connectivity index (χ2n) is 9.91. The molecule has 0 unspecified atom stereocenters. The molecule has 6 rings (SSSR count). The quantitative estimate of drug-likeness (QED) is 0.383. The summed E-state index contributed by atoms with van der Waals surface area (Å²) in [6.07, 6.45) is 6.32. The number of fused-ring (bicyclic) bond motifs is 2. The van der Waals surface area contributed by atoms with E-state index in [1.165, 1.54) is 33.8 Å². The van der Waals surface area contributed by atoms with Gasteiger partial charge in [0, 0.05) is 31.1 Å². The predicted octanol–water partition coefficient (Wildman–Crippen LogP) is 3.88. The Morgan fingerprint density at radius 3 is 2.71 bits per heavy atom. The Morgan fingerprint density at radius 2 is 1.97 bits per heavy atom. The van der Waals surface area contributed by atoms with Crippen LogP contribution in [0, 0.1) is 5.41 Å². The third kappa shape index (κ3) is 4.45. The Hall–Kier alpha value is -3.05. The van der Waals surface area contributed by atoms with Gasteiger partial charge in [-0.3, -0.25) is 9.36 Å². The summed E-state index contributed by atoms with van der Waals surface area (Å²) in [4.78, 5) is 24.8. The van der Waals surface area contributed by atoms with Crippen LogP contribution in [0.1, 0.15) is 30.0 Å². The van der Waals surface area contributed by atoms with E-state index in [1.807, 2.05) is 6.07 Å². The van der Waals surface area contributed by atoms with Gasteiger partial charge in [-0.25, -0.2) is 9.97 Å². The van der Waals surface area contributed by atoms with Crippen LogP contribution in [0.5, 0.6) is 0 Å². The fourth-order valence-electron chi connectivity index (χ4n) is 5.65. The van der Waals surface area contributed by atoms with Crippen LogP contribution in [0.3, 0.4) is 0 Å². The van der Waals surface area contributed by atoms with Crippen molar-refractivity contribution < 1.29 is 4.74 Å². The molecule has 2 N–H and O–H groups in total. The van der Waals surface area contributed by atoms with Gasteiger partial charge in [0.2, 0.25) is 5.16 Å². The molecule has 9 nitrogen and oxygen atoms in total. The number of hydrogen-bond donors (Lipinski definition) is 1. The normalized spacial score (nSPS) is 18.3.